The molecule has 1 N–H and O–H groups in total. The van der Waals surface area contributed by atoms with Crippen LogP contribution in [0, 0.1) is 0 Å². The van der Waals surface area contributed by atoms with Gasteiger partial charge in [-0.1, -0.05) is 68.4 Å². The van der Waals surface area contributed by atoms with Crippen molar-refractivity contribution in [3.8, 4) is 0 Å². The molecule has 0 radical (unpaired) electrons. The van der Waals surface area contributed by atoms with E-state index in [0.717, 1.165) is 18.4 Å². The molecule has 4 nitrogen and oxygen atoms in total. The van der Waals surface area contributed by atoms with Crippen LogP contribution in [0.2, 0.25) is 0 Å². The number of hydrogen-bond acceptors (Lipinski definition) is 2. The van der Waals surface area contributed by atoms with Gasteiger partial charge in [0.1, 0.15) is 6.04 Å². The Hall–Kier alpha value is -2.62. The van der Waals surface area contributed by atoms with Crippen LogP contribution in [-0.4, -0.2) is 34.8 Å². The van der Waals surface area contributed by atoms with E-state index in [2.05, 4.69) is 48.6 Å². The molecule has 0 saturated carbocycles. The molecule has 0 aliphatic heterocycles. The van der Waals surface area contributed by atoms with Gasteiger partial charge in [0.15, 0.2) is 0 Å². The van der Waals surface area contributed by atoms with Gasteiger partial charge < -0.3 is 10.2 Å². The number of carbonyl (C=O) groups is 2. The Morgan fingerprint density at radius 1 is 0.871 bits per heavy atom. The molecule has 2 aromatic carbocycles. The number of rotatable bonds is 10. The number of benzene rings is 2. The zero-order valence-corrected chi connectivity index (χ0v) is 19.8. The maximum Gasteiger partial charge on any atom is 0.243 e. The Balaban J connectivity index is 2.13. The molecular formula is C27H38N2O2. The van der Waals surface area contributed by atoms with Crippen LogP contribution in [0.1, 0.15) is 64.2 Å². The molecule has 0 aromatic heterocycles. The third-order valence-corrected chi connectivity index (χ3v) is 5.43. The summed E-state index contributed by atoms with van der Waals surface area (Å²) < 4.78 is 0. The van der Waals surface area contributed by atoms with Crippen LogP contribution < -0.4 is 5.32 Å². The fraction of sp³-hybridized carbons (Fsp3) is 0.481. The number of carbonyl (C=O) groups excluding carboxylic acids is 2. The molecule has 0 fully saturated rings. The number of nitrogens with zero attached hydrogens (tertiary/aromatic N) is 1. The second kappa shape index (κ2) is 11.7. The molecule has 1 atom stereocenters. The highest BCUT2D eigenvalue weighted by Gasteiger charge is 2.30. The second-order valence-corrected chi connectivity index (χ2v) is 9.16. The minimum Gasteiger partial charge on any atom is -0.350 e. The van der Waals surface area contributed by atoms with E-state index < -0.39 is 6.04 Å². The lowest BCUT2D eigenvalue weighted by molar-refractivity contribution is -0.141. The Bertz CT molecular complexity index is 823. The maximum absolute atomic E-state index is 13.3. The fourth-order valence-corrected chi connectivity index (χ4v) is 3.69. The highest BCUT2D eigenvalue weighted by atomic mass is 16.2. The fourth-order valence-electron chi connectivity index (χ4n) is 3.69. The van der Waals surface area contributed by atoms with E-state index >= 15 is 0 Å². The van der Waals surface area contributed by atoms with Crippen molar-refractivity contribution in [1.29, 1.82) is 0 Å². The Labute approximate surface area is 188 Å². The first kappa shape index (κ1) is 24.6. The first-order valence-electron chi connectivity index (χ1n) is 11.5. The second-order valence-electron chi connectivity index (χ2n) is 9.16. The molecule has 31 heavy (non-hydrogen) atoms. The third-order valence-electron chi connectivity index (χ3n) is 5.43. The molecule has 0 aliphatic rings. The van der Waals surface area contributed by atoms with Gasteiger partial charge in [-0.2, -0.15) is 0 Å². The van der Waals surface area contributed by atoms with Crippen molar-refractivity contribution >= 4 is 11.8 Å². The molecule has 0 spiro atoms. The van der Waals surface area contributed by atoms with Crippen LogP contribution in [0.4, 0.5) is 0 Å². The predicted molar refractivity (Wildman–Crippen MR) is 128 cm³/mol. The van der Waals surface area contributed by atoms with Gasteiger partial charge in [0, 0.05) is 18.5 Å². The van der Waals surface area contributed by atoms with E-state index in [1.165, 1.54) is 11.1 Å². The summed E-state index contributed by atoms with van der Waals surface area (Å²) in [6.45, 7) is 10.5. The summed E-state index contributed by atoms with van der Waals surface area (Å²) in [5, 5.41) is 3.06. The van der Waals surface area contributed by atoms with Gasteiger partial charge in [-0.3, -0.25) is 9.59 Å². The molecule has 0 bridgehead atoms. The van der Waals surface area contributed by atoms with Crippen molar-refractivity contribution in [2.75, 3.05) is 6.54 Å². The highest BCUT2D eigenvalue weighted by Crippen LogP contribution is 2.14. The van der Waals surface area contributed by atoms with Gasteiger partial charge in [0.2, 0.25) is 11.8 Å². The van der Waals surface area contributed by atoms with Crippen LogP contribution in [0.5, 0.6) is 0 Å². The molecule has 0 unspecified atom stereocenters. The van der Waals surface area contributed by atoms with Gasteiger partial charge in [0.05, 0.1) is 0 Å². The normalized spacial score (nSPS) is 12.3. The predicted octanol–water partition coefficient (Wildman–Crippen LogP) is 4.95. The Morgan fingerprint density at radius 3 is 2.00 bits per heavy atom. The molecule has 0 saturated heterocycles. The standard InChI is InChI=1S/C27H38N2O2/c1-6-21-13-15-23(16-14-21)17-18-25(30)29(20-19-22-11-9-8-10-12-22)24(7-2)26(31)28-27(3,4)5/h8-16,24H,6-7,17-20H2,1-5H3,(H,28,31)/t24-/m0/s1. The molecule has 2 amide bonds. The summed E-state index contributed by atoms with van der Waals surface area (Å²) in [5.74, 6) is -0.0462. The lowest BCUT2D eigenvalue weighted by atomic mass is 10.0. The Kier molecular flexibility index (Phi) is 9.29. The minimum absolute atomic E-state index is 0.0337. The van der Waals surface area contributed by atoms with Crippen LogP contribution in [0.15, 0.2) is 54.6 Å². The van der Waals surface area contributed by atoms with Crippen LogP contribution in [0.25, 0.3) is 0 Å². The van der Waals surface area contributed by atoms with Crippen LogP contribution in [-0.2, 0) is 28.9 Å². The number of nitrogens with one attached hydrogen (secondary N) is 1. The average molecular weight is 423 g/mol. The molecule has 2 aromatic rings. The molecule has 0 heterocycles. The van der Waals surface area contributed by atoms with Crippen molar-refractivity contribution in [2.24, 2.45) is 0 Å². The quantitative estimate of drug-likeness (QED) is 0.589. The summed E-state index contributed by atoms with van der Waals surface area (Å²) in [4.78, 5) is 28.1. The first-order chi connectivity index (χ1) is 14.7. The molecule has 4 heteroatoms. The topological polar surface area (TPSA) is 49.4 Å². The van der Waals surface area contributed by atoms with Gasteiger partial charge >= 0.3 is 0 Å². The molecule has 0 aliphatic carbocycles. The summed E-state index contributed by atoms with van der Waals surface area (Å²) in [6, 6.07) is 18.1. The van der Waals surface area contributed by atoms with Crippen LogP contribution >= 0.6 is 0 Å². The average Bonchev–Trinajstić information content (AvgIpc) is 2.74. The van der Waals surface area contributed by atoms with Crippen molar-refractivity contribution in [3.63, 3.8) is 0 Å². The number of amides is 2. The maximum atomic E-state index is 13.3. The third kappa shape index (κ3) is 8.20. The summed E-state index contributed by atoms with van der Waals surface area (Å²) in [6.07, 6.45) is 3.42. The van der Waals surface area contributed by atoms with E-state index in [4.69, 9.17) is 0 Å². The first-order valence-corrected chi connectivity index (χ1v) is 11.5. The van der Waals surface area contributed by atoms with Crippen LogP contribution in [0.3, 0.4) is 0 Å². The zero-order chi connectivity index (χ0) is 22.9. The molecule has 2 rings (SSSR count). The van der Waals surface area contributed by atoms with Gasteiger partial charge in [-0.05, 0) is 63.1 Å². The van der Waals surface area contributed by atoms with Crippen molar-refractivity contribution in [1.82, 2.24) is 10.2 Å². The number of hydrogen-bond donors (Lipinski definition) is 1. The minimum atomic E-state index is -0.460. The van der Waals surface area contributed by atoms with Gasteiger partial charge in [-0.15, -0.1) is 0 Å². The number of aryl methyl sites for hydroxylation is 2. The largest absolute Gasteiger partial charge is 0.350 e. The van der Waals surface area contributed by atoms with E-state index in [0.29, 0.717) is 25.8 Å². The van der Waals surface area contributed by atoms with Crippen molar-refractivity contribution < 1.29 is 9.59 Å². The zero-order valence-electron chi connectivity index (χ0n) is 19.8. The monoisotopic (exact) mass is 422 g/mol. The van der Waals surface area contributed by atoms with E-state index in [1.54, 1.807) is 4.90 Å². The van der Waals surface area contributed by atoms with Crippen molar-refractivity contribution in [3.05, 3.63) is 71.3 Å². The smallest absolute Gasteiger partial charge is 0.243 e. The van der Waals surface area contributed by atoms with E-state index in [1.807, 2.05) is 45.9 Å². The molecule has 168 valence electrons. The van der Waals surface area contributed by atoms with Gasteiger partial charge in [-0.25, -0.2) is 0 Å². The van der Waals surface area contributed by atoms with Crippen molar-refractivity contribution in [2.45, 2.75) is 78.3 Å². The summed E-state index contributed by atoms with van der Waals surface area (Å²) in [7, 11) is 0. The SMILES string of the molecule is CCc1ccc(CCC(=O)N(CCc2ccccc2)[C@@H](CC)C(=O)NC(C)(C)C)cc1. The lowest BCUT2D eigenvalue weighted by Gasteiger charge is -2.33. The van der Waals surface area contributed by atoms with E-state index in [9.17, 15) is 9.59 Å². The Morgan fingerprint density at radius 2 is 1.45 bits per heavy atom. The van der Waals surface area contributed by atoms with E-state index in [-0.39, 0.29) is 17.4 Å². The molecular weight excluding hydrogens is 384 g/mol. The summed E-state index contributed by atoms with van der Waals surface area (Å²) in [5.41, 5.74) is 3.28. The summed E-state index contributed by atoms with van der Waals surface area (Å²) >= 11 is 0. The van der Waals surface area contributed by atoms with Gasteiger partial charge in [0.25, 0.3) is 0 Å². The lowest BCUT2D eigenvalue weighted by Crippen LogP contribution is -2.54. The highest BCUT2D eigenvalue weighted by molar-refractivity contribution is 5.88.